The third-order valence-corrected chi connectivity index (χ3v) is 3.70. The summed E-state index contributed by atoms with van der Waals surface area (Å²) < 4.78 is 0.930. The van der Waals surface area contributed by atoms with Crippen molar-refractivity contribution in [3.63, 3.8) is 0 Å². The van der Waals surface area contributed by atoms with E-state index in [0.717, 1.165) is 22.9 Å². The average molecular weight is 335 g/mol. The third-order valence-electron chi connectivity index (χ3n) is 2.69. The molecule has 0 saturated heterocycles. The molecule has 1 rings (SSSR count). The molecule has 1 aromatic carbocycles. The molecule has 2 N–H and O–H groups in total. The van der Waals surface area contributed by atoms with Gasteiger partial charge < -0.3 is 10.4 Å². The summed E-state index contributed by atoms with van der Waals surface area (Å²) in [6, 6.07) is 4.98. The highest BCUT2D eigenvalue weighted by molar-refractivity contribution is 9.10. The number of unbranched alkanes of at least 4 members (excludes halogenated alkanes) is 1. The summed E-state index contributed by atoms with van der Waals surface area (Å²) in [6.45, 7) is 2.54. The Balaban J connectivity index is 2.60. The molecule has 5 heteroatoms. The van der Waals surface area contributed by atoms with E-state index in [2.05, 4.69) is 21.2 Å². The van der Waals surface area contributed by atoms with Gasteiger partial charge in [0.2, 0.25) is 0 Å². The SMILES string of the molecule is CCCCC(NCc1cc(Cl)ccc1Br)C(=O)O. The average Bonchev–Trinajstić information content (AvgIpc) is 2.33. The first kappa shape index (κ1) is 15.5. The zero-order valence-electron chi connectivity index (χ0n) is 10.2. The Kier molecular flexibility index (Phi) is 6.68. The second-order valence-corrected chi connectivity index (χ2v) is 5.44. The lowest BCUT2D eigenvalue weighted by atomic mass is 10.1. The van der Waals surface area contributed by atoms with Crippen LogP contribution in [0.15, 0.2) is 22.7 Å². The Morgan fingerprint density at radius 1 is 1.56 bits per heavy atom. The van der Waals surface area contributed by atoms with Crippen molar-refractivity contribution in [2.45, 2.75) is 38.8 Å². The van der Waals surface area contributed by atoms with Crippen LogP contribution in [0.5, 0.6) is 0 Å². The molecule has 0 fully saturated rings. The number of rotatable bonds is 7. The molecule has 18 heavy (non-hydrogen) atoms. The van der Waals surface area contributed by atoms with Crippen LogP contribution in [-0.2, 0) is 11.3 Å². The number of carboxylic acids is 1. The van der Waals surface area contributed by atoms with Crippen LogP contribution < -0.4 is 5.32 Å². The van der Waals surface area contributed by atoms with Crippen LogP contribution in [-0.4, -0.2) is 17.1 Å². The Morgan fingerprint density at radius 3 is 2.89 bits per heavy atom. The molecule has 1 unspecified atom stereocenters. The van der Waals surface area contributed by atoms with E-state index in [-0.39, 0.29) is 0 Å². The number of aliphatic carboxylic acids is 1. The van der Waals surface area contributed by atoms with Gasteiger partial charge in [0.05, 0.1) is 0 Å². The maximum absolute atomic E-state index is 11.1. The lowest BCUT2D eigenvalue weighted by Crippen LogP contribution is -2.36. The van der Waals surface area contributed by atoms with Crippen LogP contribution in [0.4, 0.5) is 0 Å². The second-order valence-electron chi connectivity index (χ2n) is 4.15. The molecule has 1 atom stereocenters. The molecule has 0 bridgehead atoms. The van der Waals surface area contributed by atoms with E-state index < -0.39 is 12.0 Å². The van der Waals surface area contributed by atoms with Crippen LogP contribution in [0.2, 0.25) is 5.02 Å². The molecular weight excluding hydrogens is 318 g/mol. The minimum Gasteiger partial charge on any atom is -0.480 e. The van der Waals surface area contributed by atoms with E-state index in [9.17, 15) is 4.79 Å². The second kappa shape index (κ2) is 7.77. The fourth-order valence-electron chi connectivity index (χ4n) is 1.63. The molecule has 0 aliphatic rings. The summed E-state index contributed by atoms with van der Waals surface area (Å²) in [5, 5.41) is 12.8. The third kappa shape index (κ3) is 4.96. The van der Waals surface area contributed by atoms with Crippen molar-refractivity contribution in [3.05, 3.63) is 33.3 Å². The molecular formula is C13H17BrClNO2. The van der Waals surface area contributed by atoms with E-state index in [0.29, 0.717) is 18.0 Å². The van der Waals surface area contributed by atoms with Gasteiger partial charge in [-0.3, -0.25) is 4.79 Å². The molecule has 0 spiro atoms. The minimum absolute atomic E-state index is 0.488. The van der Waals surface area contributed by atoms with Gasteiger partial charge in [0.1, 0.15) is 6.04 Å². The lowest BCUT2D eigenvalue weighted by Gasteiger charge is -2.14. The van der Waals surface area contributed by atoms with Crippen molar-refractivity contribution in [1.29, 1.82) is 0 Å². The predicted octanol–water partition coefficient (Wildman–Crippen LogP) is 3.84. The zero-order chi connectivity index (χ0) is 13.5. The number of hydrogen-bond donors (Lipinski definition) is 2. The van der Waals surface area contributed by atoms with Gasteiger partial charge in [-0.05, 0) is 30.2 Å². The summed E-state index contributed by atoms with van der Waals surface area (Å²) in [5.74, 6) is -0.804. The first-order valence-electron chi connectivity index (χ1n) is 5.94. The van der Waals surface area contributed by atoms with Gasteiger partial charge in [-0.1, -0.05) is 47.3 Å². The number of nitrogens with one attached hydrogen (secondary N) is 1. The van der Waals surface area contributed by atoms with Crippen LogP contribution in [0.25, 0.3) is 0 Å². The van der Waals surface area contributed by atoms with Crippen LogP contribution >= 0.6 is 27.5 Å². The Labute approximate surface area is 121 Å². The largest absolute Gasteiger partial charge is 0.480 e. The van der Waals surface area contributed by atoms with Gasteiger partial charge >= 0.3 is 5.97 Å². The fourth-order valence-corrected chi connectivity index (χ4v) is 2.21. The number of hydrogen-bond acceptors (Lipinski definition) is 2. The van der Waals surface area contributed by atoms with Gasteiger partial charge in [0, 0.05) is 16.0 Å². The molecule has 0 amide bonds. The van der Waals surface area contributed by atoms with Crippen LogP contribution in [0, 0.1) is 0 Å². The van der Waals surface area contributed by atoms with Crippen LogP contribution in [0.3, 0.4) is 0 Å². The minimum atomic E-state index is -0.804. The van der Waals surface area contributed by atoms with Crippen molar-refractivity contribution in [2.24, 2.45) is 0 Å². The van der Waals surface area contributed by atoms with Crippen molar-refractivity contribution in [2.75, 3.05) is 0 Å². The number of halogens is 2. The molecule has 0 radical (unpaired) electrons. The number of carbonyl (C=O) groups is 1. The van der Waals surface area contributed by atoms with Crippen LogP contribution in [0.1, 0.15) is 31.7 Å². The zero-order valence-corrected chi connectivity index (χ0v) is 12.6. The van der Waals surface area contributed by atoms with Crippen molar-refractivity contribution in [1.82, 2.24) is 5.32 Å². The molecule has 0 saturated carbocycles. The molecule has 100 valence electrons. The maximum Gasteiger partial charge on any atom is 0.320 e. The summed E-state index contributed by atoms with van der Waals surface area (Å²) in [4.78, 5) is 11.1. The number of benzene rings is 1. The van der Waals surface area contributed by atoms with E-state index in [1.54, 1.807) is 6.07 Å². The maximum atomic E-state index is 11.1. The lowest BCUT2D eigenvalue weighted by molar-refractivity contribution is -0.139. The predicted molar refractivity (Wildman–Crippen MR) is 76.9 cm³/mol. The molecule has 1 aromatic rings. The monoisotopic (exact) mass is 333 g/mol. The van der Waals surface area contributed by atoms with E-state index >= 15 is 0 Å². The fraction of sp³-hybridized carbons (Fsp3) is 0.462. The summed E-state index contributed by atoms with van der Waals surface area (Å²) >= 11 is 9.34. The first-order chi connectivity index (χ1) is 8.54. The summed E-state index contributed by atoms with van der Waals surface area (Å²) in [7, 11) is 0. The van der Waals surface area contributed by atoms with Gasteiger partial charge in [0.15, 0.2) is 0 Å². The molecule has 0 heterocycles. The van der Waals surface area contributed by atoms with E-state index in [1.165, 1.54) is 0 Å². The molecule has 3 nitrogen and oxygen atoms in total. The van der Waals surface area contributed by atoms with E-state index in [4.69, 9.17) is 16.7 Å². The Morgan fingerprint density at radius 2 is 2.28 bits per heavy atom. The quantitative estimate of drug-likeness (QED) is 0.796. The molecule has 0 aliphatic carbocycles. The Bertz CT molecular complexity index is 412. The highest BCUT2D eigenvalue weighted by Gasteiger charge is 2.16. The topological polar surface area (TPSA) is 49.3 Å². The van der Waals surface area contributed by atoms with Gasteiger partial charge in [-0.2, -0.15) is 0 Å². The van der Waals surface area contributed by atoms with Crippen molar-refractivity contribution < 1.29 is 9.90 Å². The van der Waals surface area contributed by atoms with E-state index in [1.807, 2.05) is 19.1 Å². The van der Waals surface area contributed by atoms with Crippen molar-refractivity contribution in [3.8, 4) is 0 Å². The highest BCUT2D eigenvalue weighted by Crippen LogP contribution is 2.21. The standard InChI is InChI=1S/C13H17BrClNO2/c1-2-3-4-12(13(17)18)16-8-9-7-10(15)5-6-11(9)14/h5-7,12,16H,2-4,8H2,1H3,(H,17,18). The molecule has 0 aromatic heterocycles. The van der Waals surface area contributed by atoms with Gasteiger partial charge in [-0.25, -0.2) is 0 Å². The smallest absolute Gasteiger partial charge is 0.320 e. The highest BCUT2D eigenvalue weighted by atomic mass is 79.9. The Hall–Kier alpha value is -0.580. The summed E-state index contributed by atoms with van der Waals surface area (Å²) in [5.41, 5.74) is 0.963. The van der Waals surface area contributed by atoms with Crippen molar-refractivity contribution >= 4 is 33.5 Å². The van der Waals surface area contributed by atoms with Gasteiger partial charge in [-0.15, -0.1) is 0 Å². The molecule has 0 aliphatic heterocycles. The normalized spacial score (nSPS) is 12.4. The number of carboxylic acid groups (broad SMARTS) is 1. The van der Waals surface area contributed by atoms with Gasteiger partial charge in [0.25, 0.3) is 0 Å². The first-order valence-corrected chi connectivity index (χ1v) is 7.11. The summed E-state index contributed by atoms with van der Waals surface area (Å²) in [6.07, 6.45) is 2.54.